The maximum atomic E-state index is 12.6. The first-order chi connectivity index (χ1) is 11.6. The van der Waals surface area contributed by atoms with Gasteiger partial charge in [-0.25, -0.2) is 0 Å². The van der Waals surface area contributed by atoms with E-state index in [1.165, 1.54) is 0 Å². The monoisotopic (exact) mass is 411 g/mol. The molecule has 5 nitrogen and oxygen atoms in total. The molecule has 138 valence electrons. The van der Waals surface area contributed by atoms with Gasteiger partial charge in [-0.3, -0.25) is 4.79 Å². The van der Waals surface area contributed by atoms with Crippen LogP contribution >= 0.6 is 0 Å². The van der Waals surface area contributed by atoms with Gasteiger partial charge in [0, 0.05) is 12.8 Å². The molecule has 1 aromatic carbocycles. The van der Waals surface area contributed by atoms with E-state index in [9.17, 15) is 9.90 Å². The fraction of sp³-hybridized carbons (Fsp3) is 0.632. The second-order valence-corrected chi connectivity index (χ2v) is 7.54. The second-order valence-electron chi connectivity index (χ2n) is 7.54. The van der Waals surface area contributed by atoms with Gasteiger partial charge in [0.15, 0.2) is 0 Å². The molecule has 4 unspecified atom stereocenters. The van der Waals surface area contributed by atoms with Crippen LogP contribution in [0.3, 0.4) is 0 Å². The number of hydrogen-bond acceptors (Lipinski definition) is 4. The predicted octanol–water partition coefficient (Wildman–Crippen LogP) is -1.54. The molecule has 0 aliphatic carbocycles. The van der Waals surface area contributed by atoms with E-state index in [1.54, 1.807) is 0 Å². The van der Waals surface area contributed by atoms with Crippen LogP contribution in [0.4, 0.5) is 0 Å². The molecule has 0 aromatic heterocycles. The molecule has 3 fully saturated rings. The normalized spacial score (nSPS) is 39.1. The average Bonchev–Trinajstić information content (AvgIpc) is 3.35. The Hall–Kier alpha value is -0.950. The quantitative estimate of drug-likeness (QED) is 0.362. The van der Waals surface area contributed by atoms with Gasteiger partial charge in [0.2, 0.25) is 0 Å². The number of rotatable bonds is 5. The molecule has 0 saturated carbocycles. The lowest BCUT2D eigenvalue weighted by atomic mass is 9.95. The SMILES string of the molecule is CC[N+]1(C)C2CC(OC(=O)[C@H](CO)c3ccccc3)C[C@H]1[C@H]1OC21.[Br-]. The van der Waals surface area contributed by atoms with Gasteiger partial charge in [-0.05, 0) is 12.5 Å². The largest absolute Gasteiger partial charge is 1.00 e. The smallest absolute Gasteiger partial charge is 0.316 e. The molecule has 3 aliphatic heterocycles. The van der Waals surface area contributed by atoms with Crippen molar-refractivity contribution in [3.05, 3.63) is 35.9 Å². The van der Waals surface area contributed by atoms with Crippen LogP contribution in [-0.4, -0.2) is 66.2 Å². The summed E-state index contributed by atoms with van der Waals surface area (Å²) in [6.07, 6.45) is 2.37. The number of carbonyl (C=O) groups excluding carboxylic acids is 1. The van der Waals surface area contributed by atoms with Crippen molar-refractivity contribution in [3.8, 4) is 0 Å². The highest BCUT2D eigenvalue weighted by Gasteiger charge is 2.71. The number of nitrogens with zero attached hydrogens (tertiary/aromatic N) is 1. The van der Waals surface area contributed by atoms with Gasteiger partial charge in [-0.15, -0.1) is 0 Å². The molecule has 7 atom stereocenters. The molecule has 25 heavy (non-hydrogen) atoms. The molecular formula is C19H26BrNO4. The zero-order valence-electron chi connectivity index (χ0n) is 14.7. The number of esters is 1. The van der Waals surface area contributed by atoms with Crippen LogP contribution in [0.2, 0.25) is 0 Å². The minimum Gasteiger partial charge on any atom is -1.00 e. The first kappa shape index (κ1) is 18.8. The zero-order chi connectivity index (χ0) is 16.9. The van der Waals surface area contributed by atoms with E-state index in [0.717, 1.165) is 29.4 Å². The summed E-state index contributed by atoms with van der Waals surface area (Å²) in [7, 11) is 2.31. The van der Waals surface area contributed by atoms with Gasteiger partial charge in [0.25, 0.3) is 0 Å². The summed E-state index contributed by atoms with van der Waals surface area (Å²) in [5.74, 6) is -0.904. The lowest BCUT2D eigenvalue weighted by molar-refractivity contribution is -0.954. The third-order valence-electron chi connectivity index (χ3n) is 6.48. The van der Waals surface area contributed by atoms with Crippen LogP contribution < -0.4 is 17.0 Å². The van der Waals surface area contributed by atoms with E-state index in [1.807, 2.05) is 30.3 Å². The predicted molar refractivity (Wildman–Crippen MR) is 88.3 cm³/mol. The molecule has 6 heteroatoms. The average molecular weight is 412 g/mol. The number of morpholine rings is 1. The van der Waals surface area contributed by atoms with Crippen LogP contribution in [0.15, 0.2) is 30.3 Å². The summed E-state index contributed by atoms with van der Waals surface area (Å²) < 4.78 is 12.7. The van der Waals surface area contributed by atoms with Crippen molar-refractivity contribution in [3.63, 3.8) is 0 Å². The van der Waals surface area contributed by atoms with E-state index in [0.29, 0.717) is 24.3 Å². The number of fused-ring (bicyclic) bond motifs is 5. The summed E-state index contributed by atoms with van der Waals surface area (Å²) in [5.41, 5.74) is 0.809. The lowest BCUT2D eigenvalue weighted by Gasteiger charge is -2.47. The number of epoxide rings is 1. The third-order valence-corrected chi connectivity index (χ3v) is 6.48. The van der Waals surface area contributed by atoms with Crippen LogP contribution in [-0.2, 0) is 14.3 Å². The minimum absolute atomic E-state index is 0. The number of aliphatic hydroxyl groups excluding tert-OH is 1. The molecule has 3 aliphatic rings. The number of likely N-dealkylation sites (N-methyl/N-ethyl adjacent to an activating group) is 1. The molecule has 0 amide bonds. The molecule has 1 aromatic rings. The lowest BCUT2D eigenvalue weighted by Crippen LogP contribution is -3.00. The van der Waals surface area contributed by atoms with Crippen LogP contribution in [0.25, 0.3) is 0 Å². The highest BCUT2D eigenvalue weighted by atomic mass is 79.9. The number of ether oxygens (including phenoxy) is 2. The van der Waals surface area contributed by atoms with E-state index in [-0.39, 0.29) is 35.7 Å². The zero-order valence-corrected chi connectivity index (χ0v) is 16.3. The van der Waals surface area contributed by atoms with Crippen molar-refractivity contribution >= 4 is 5.97 Å². The van der Waals surface area contributed by atoms with Crippen molar-refractivity contribution in [2.45, 2.75) is 56.1 Å². The maximum absolute atomic E-state index is 12.6. The van der Waals surface area contributed by atoms with Crippen molar-refractivity contribution in [1.82, 2.24) is 0 Å². The van der Waals surface area contributed by atoms with E-state index >= 15 is 0 Å². The van der Waals surface area contributed by atoms with Crippen molar-refractivity contribution < 1.29 is 40.8 Å². The topological polar surface area (TPSA) is 59.1 Å². The number of quaternary nitrogens is 1. The molecule has 3 heterocycles. The number of halogens is 1. The van der Waals surface area contributed by atoms with Crippen molar-refractivity contribution in [1.29, 1.82) is 0 Å². The summed E-state index contributed by atoms with van der Waals surface area (Å²) >= 11 is 0. The first-order valence-corrected chi connectivity index (χ1v) is 8.95. The Morgan fingerprint density at radius 2 is 1.88 bits per heavy atom. The van der Waals surface area contributed by atoms with Gasteiger partial charge >= 0.3 is 5.97 Å². The molecule has 2 bridgehead atoms. The summed E-state index contributed by atoms with van der Waals surface area (Å²) in [6, 6.07) is 10.2. The van der Waals surface area contributed by atoms with Crippen LogP contribution in [0.1, 0.15) is 31.2 Å². The Balaban J connectivity index is 0.00000182. The van der Waals surface area contributed by atoms with E-state index < -0.39 is 5.92 Å². The third kappa shape index (κ3) is 3.03. The number of aliphatic hydroxyl groups is 1. The fourth-order valence-electron chi connectivity index (χ4n) is 4.87. The van der Waals surface area contributed by atoms with Gasteiger partial charge in [0.1, 0.15) is 36.3 Å². The molecule has 1 N–H and O–H groups in total. The molecule has 4 rings (SSSR count). The Labute approximate surface area is 159 Å². The van der Waals surface area contributed by atoms with Crippen molar-refractivity contribution in [2.24, 2.45) is 0 Å². The van der Waals surface area contributed by atoms with Gasteiger partial charge in [0.05, 0.1) is 20.2 Å². The molecule has 3 saturated heterocycles. The summed E-state index contributed by atoms with van der Waals surface area (Å²) in [6.45, 7) is 3.10. The molecule has 0 spiro atoms. The number of piperidine rings is 1. The first-order valence-electron chi connectivity index (χ1n) is 8.95. The Bertz CT molecular complexity index is 607. The summed E-state index contributed by atoms with van der Waals surface area (Å²) in [4.78, 5) is 12.6. The van der Waals surface area contributed by atoms with Crippen molar-refractivity contribution in [2.75, 3.05) is 20.2 Å². The number of carbonyl (C=O) groups is 1. The Morgan fingerprint density at radius 1 is 1.28 bits per heavy atom. The molecule has 0 radical (unpaired) electrons. The number of hydrogen-bond donors (Lipinski definition) is 1. The van der Waals surface area contributed by atoms with Crippen LogP contribution in [0.5, 0.6) is 0 Å². The van der Waals surface area contributed by atoms with Gasteiger partial charge < -0.3 is 36.0 Å². The van der Waals surface area contributed by atoms with E-state index in [4.69, 9.17) is 9.47 Å². The van der Waals surface area contributed by atoms with Crippen LogP contribution in [0, 0.1) is 0 Å². The van der Waals surface area contributed by atoms with Gasteiger partial charge in [-0.1, -0.05) is 30.3 Å². The van der Waals surface area contributed by atoms with Gasteiger partial charge in [-0.2, -0.15) is 0 Å². The summed E-state index contributed by atoms with van der Waals surface area (Å²) in [5, 5.41) is 9.64. The fourth-order valence-corrected chi connectivity index (χ4v) is 4.87. The van der Waals surface area contributed by atoms with E-state index in [2.05, 4.69) is 14.0 Å². The molecular weight excluding hydrogens is 386 g/mol. The minimum atomic E-state index is -0.594. The highest BCUT2D eigenvalue weighted by Crippen LogP contribution is 2.52. The number of benzene rings is 1. The maximum Gasteiger partial charge on any atom is 0.316 e. The Morgan fingerprint density at radius 3 is 2.40 bits per heavy atom. The Kier molecular flexibility index (Phi) is 5.26. The second kappa shape index (κ2) is 6.99. The standard InChI is InChI=1S/C19H26NO4.BrH/c1-3-20(2)15-9-13(10-16(20)18-17(15)24-18)23-19(22)14(11-21)12-7-5-4-6-8-12;/h4-8,13-18,21H,3,9-11H2,1-2H3;1H/q+1;/p-1/t13?,14-,15+,16?,17-,18?,20?;/m1./s1. The highest BCUT2D eigenvalue weighted by molar-refractivity contribution is 5.78.